The number of nitrogens with two attached hydrogens (primary N) is 1. The van der Waals surface area contributed by atoms with Crippen LogP contribution in [0.5, 0.6) is 0 Å². The fraction of sp³-hybridized carbons (Fsp3) is 0.125. The van der Waals surface area contributed by atoms with Gasteiger partial charge >= 0.3 is 0 Å². The van der Waals surface area contributed by atoms with Crippen LogP contribution in [0.25, 0.3) is 0 Å². The first-order valence-electron chi connectivity index (χ1n) is 3.64. The summed E-state index contributed by atoms with van der Waals surface area (Å²) in [5, 5.41) is 2.59. The normalized spacial score (nSPS) is 9.31. The summed E-state index contributed by atoms with van der Waals surface area (Å²) in [6.45, 7) is 1.41. The van der Waals surface area contributed by atoms with E-state index in [1.54, 1.807) is 18.2 Å². The Bertz CT molecular complexity index is 351. The molecule has 0 bridgehead atoms. The Morgan fingerprint density at radius 1 is 1.62 bits per heavy atom. The monoisotopic (exact) mass is 195 g/mol. The molecular formula is C8H9N3OS. The summed E-state index contributed by atoms with van der Waals surface area (Å²) in [4.78, 5) is 10.8. The SMILES string of the molecule is CC(=O)Nc1cccc(N)c1N=S. The summed E-state index contributed by atoms with van der Waals surface area (Å²) in [6.07, 6.45) is 0. The molecule has 68 valence electrons. The zero-order valence-electron chi connectivity index (χ0n) is 7.07. The van der Waals surface area contributed by atoms with Gasteiger partial charge in [-0.1, -0.05) is 6.07 Å². The molecule has 0 radical (unpaired) electrons. The van der Waals surface area contributed by atoms with E-state index >= 15 is 0 Å². The number of nitrogen functional groups attached to an aromatic ring is 1. The number of nitrogens with zero attached hydrogens (tertiary/aromatic N) is 1. The lowest BCUT2D eigenvalue weighted by Crippen LogP contribution is -2.06. The molecule has 0 saturated carbocycles. The van der Waals surface area contributed by atoms with Crippen LogP contribution in [0.3, 0.4) is 0 Å². The molecule has 0 heterocycles. The molecule has 1 aromatic rings. The fourth-order valence-corrected chi connectivity index (χ4v) is 1.16. The smallest absolute Gasteiger partial charge is 0.221 e. The van der Waals surface area contributed by atoms with Gasteiger partial charge in [-0.05, 0) is 12.1 Å². The van der Waals surface area contributed by atoms with Crippen LogP contribution < -0.4 is 11.1 Å². The summed E-state index contributed by atoms with van der Waals surface area (Å²) in [5.74, 6) is -0.175. The fourth-order valence-electron chi connectivity index (χ4n) is 0.954. The van der Waals surface area contributed by atoms with Gasteiger partial charge in [-0.15, -0.1) is 0 Å². The molecule has 3 N–H and O–H groups in total. The summed E-state index contributed by atoms with van der Waals surface area (Å²) in [6, 6.07) is 5.10. The molecular weight excluding hydrogens is 186 g/mol. The third kappa shape index (κ3) is 2.22. The lowest BCUT2D eigenvalue weighted by atomic mass is 10.2. The van der Waals surface area contributed by atoms with Crippen molar-refractivity contribution in [1.82, 2.24) is 0 Å². The van der Waals surface area contributed by atoms with Crippen LogP contribution in [0.15, 0.2) is 22.6 Å². The van der Waals surface area contributed by atoms with Gasteiger partial charge in [0, 0.05) is 19.3 Å². The number of nitrogens with one attached hydrogen (secondary N) is 1. The van der Waals surface area contributed by atoms with E-state index in [0.717, 1.165) is 0 Å². The lowest BCUT2D eigenvalue weighted by Gasteiger charge is -2.06. The summed E-state index contributed by atoms with van der Waals surface area (Å²) in [5.41, 5.74) is 7.04. The van der Waals surface area contributed by atoms with Crippen LogP contribution in [0.4, 0.5) is 17.1 Å². The van der Waals surface area contributed by atoms with Gasteiger partial charge in [-0.25, -0.2) is 0 Å². The molecule has 1 aromatic carbocycles. The number of hydrogen-bond acceptors (Lipinski definition) is 4. The van der Waals surface area contributed by atoms with E-state index in [1.807, 2.05) is 0 Å². The van der Waals surface area contributed by atoms with Crippen molar-refractivity contribution in [3.8, 4) is 0 Å². The van der Waals surface area contributed by atoms with Crippen molar-refractivity contribution in [2.75, 3.05) is 11.1 Å². The molecule has 0 aromatic heterocycles. The summed E-state index contributed by atoms with van der Waals surface area (Å²) < 4.78 is 3.57. The predicted molar refractivity (Wildman–Crippen MR) is 54.6 cm³/mol. The quantitative estimate of drug-likeness (QED) is 0.704. The van der Waals surface area contributed by atoms with E-state index in [4.69, 9.17) is 5.73 Å². The molecule has 0 aliphatic carbocycles. The van der Waals surface area contributed by atoms with Crippen molar-refractivity contribution in [2.24, 2.45) is 4.36 Å². The summed E-state index contributed by atoms with van der Waals surface area (Å²) in [7, 11) is 0. The highest BCUT2D eigenvalue weighted by Gasteiger charge is 2.05. The van der Waals surface area contributed by atoms with E-state index < -0.39 is 0 Å². The molecule has 0 atom stereocenters. The number of carbonyl (C=O) groups is 1. The van der Waals surface area contributed by atoms with Crippen LogP contribution in [0.1, 0.15) is 6.92 Å². The van der Waals surface area contributed by atoms with E-state index in [9.17, 15) is 4.79 Å². The van der Waals surface area contributed by atoms with Gasteiger partial charge in [0.2, 0.25) is 5.91 Å². The number of hydrogen-bond donors (Lipinski definition) is 2. The maximum Gasteiger partial charge on any atom is 0.221 e. The van der Waals surface area contributed by atoms with E-state index in [1.165, 1.54) is 6.92 Å². The van der Waals surface area contributed by atoms with Crippen molar-refractivity contribution in [3.05, 3.63) is 18.2 Å². The van der Waals surface area contributed by atoms with Crippen LogP contribution in [-0.2, 0) is 17.2 Å². The molecule has 0 spiro atoms. The van der Waals surface area contributed by atoms with E-state index in [0.29, 0.717) is 17.1 Å². The Balaban J connectivity index is 3.12. The van der Waals surface area contributed by atoms with Crippen molar-refractivity contribution in [2.45, 2.75) is 6.92 Å². The van der Waals surface area contributed by atoms with Crippen LogP contribution >= 0.6 is 0 Å². The van der Waals surface area contributed by atoms with Crippen LogP contribution in [0.2, 0.25) is 0 Å². The average Bonchev–Trinajstić information content (AvgIpc) is 2.03. The zero-order chi connectivity index (χ0) is 9.84. The highest BCUT2D eigenvalue weighted by Crippen LogP contribution is 2.30. The molecule has 0 saturated heterocycles. The Morgan fingerprint density at radius 3 is 2.85 bits per heavy atom. The van der Waals surface area contributed by atoms with Gasteiger partial charge in [0.15, 0.2) is 0 Å². The van der Waals surface area contributed by atoms with Gasteiger partial charge in [0.1, 0.15) is 5.69 Å². The first kappa shape index (κ1) is 9.60. The van der Waals surface area contributed by atoms with Gasteiger partial charge in [-0.3, -0.25) is 4.79 Å². The van der Waals surface area contributed by atoms with Crippen LogP contribution in [-0.4, -0.2) is 5.91 Å². The minimum atomic E-state index is -0.175. The minimum absolute atomic E-state index is 0.175. The molecule has 5 heteroatoms. The number of amides is 1. The maximum atomic E-state index is 10.8. The molecule has 0 fully saturated rings. The van der Waals surface area contributed by atoms with Crippen molar-refractivity contribution in [3.63, 3.8) is 0 Å². The highest BCUT2D eigenvalue weighted by molar-refractivity contribution is 7.47. The van der Waals surface area contributed by atoms with Gasteiger partial charge < -0.3 is 11.1 Å². The number of rotatable bonds is 2. The maximum absolute atomic E-state index is 10.8. The Labute approximate surface area is 81.3 Å². The number of carbonyl (C=O) groups excluding carboxylic acids is 1. The largest absolute Gasteiger partial charge is 0.397 e. The van der Waals surface area contributed by atoms with Gasteiger partial charge in [-0.2, -0.15) is 4.36 Å². The predicted octanol–water partition coefficient (Wildman–Crippen LogP) is 1.59. The molecule has 0 aliphatic rings. The molecule has 0 unspecified atom stereocenters. The Morgan fingerprint density at radius 2 is 2.31 bits per heavy atom. The molecule has 1 amide bonds. The first-order chi connectivity index (χ1) is 6.15. The standard InChI is InChI=1S/C8H9N3OS/c1-5(12)10-7-4-2-3-6(9)8(7)11-13/h2-4H,9H2,1H3,(H,10,12). The van der Waals surface area contributed by atoms with Crippen molar-refractivity contribution < 1.29 is 4.79 Å². The second kappa shape index (κ2) is 3.95. The zero-order valence-corrected chi connectivity index (χ0v) is 7.89. The van der Waals surface area contributed by atoms with E-state index in [2.05, 4.69) is 22.1 Å². The third-order valence-corrected chi connectivity index (χ3v) is 1.65. The van der Waals surface area contributed by atoms with Gasteiger partial charge in [0.25, 0.3) is 0 Å². The molecule has 13 heavy (non-hydrogen) atoms. The number of benzene rings is 1. The van der Waals surface area contributed by atoms with Crippen molar-refractivity contribution >= 4 is 35.4 Å². The second-order valence-corrected chi connectivity index (χ2v) is 2.70. The Hall–Kier alpha value is -1.49. The average molecular weight is 195 g/mol. The summed E-state index contributed by atoms with van der Waals surface area (Å²) >= 11 is 4.54. The number of anilines is 2. The lowest BCUT2D eigenvalue weighted by molar-refractivity contribution is -0.114. The van der Waals surface area contributed by atoms with Crippen molar-refractivity contribution in [1.29, 1.82) is 0 Å². The highest BCUT2D eigenvalue weighted by atomic mass is 32.1. The molecule has 0 aliphatic heterocycles. The molecule has 4 nitrogen and oxygen atoms in total. The topological polar surface area (TPSA) is 67.5 Å². The molecule has 1 rings (SSSR count). The first-order valence-corrected chi connectivity index (χ1v) is 4.01. The van der Waals surface area contributed by atoms with E-state index in [-0.39, 0.29) is 5.91 Å². The van der Waals surface area contributed by atoms with Gasteiger partial charge in [0.05, 0.1) is 11.4 Å². The minimum Gasteiger partial charge on any atom is -0.397 e. The Kier molecular flexibility index (Phi) is 2.92. The van der Waals surface area contributed by atoms with Crippen LogP contribution in [0, 0.1) is 0 Å². The third-order valence-electron chi connectivity index (χ3n) is 1.47. The second-order valence-electron chi connectivity index (χ2n) is 2.52.